The zero-order valence-corrected chi connectivity index (χ0v) is 16.0. The van der Waals surface area contributed by atoms with Gasteiger partial charge in [0.2, 0.25) is 0 Å². The molecule has 0 saturated carbocycles. The highest BCUT2D eigenvalue weighted by molar-refractivity contribution is 6.34. The highest BCUT2D eigenvalue weighted by atomic mass is 35.5. The fourth-order valence-electron chi connectivity index (χ4n) is 3.91. The first kappa shape index (κ1) is 17.1. The van der Waals surface area contributed by atoms with Gasteiger partial charge in [0.05, 0.1) is 5.52 Å². The molecule has 28 heavy (non-hydrogen) atoms. The molecule has 0 unspecified atom stereocenters. The maximum atomic E-state index is 6.63. The number of aromatic nitrogens is 5. The number of piperidine rings is 1. The van der Waals surface area contributed by atoms with Crippen LogP contribution in [0.25, 0.3) is 27.7 Å². The lowest BCUT2D eigenvalue weighted by atomic mass is 9.98. The summed E-state index contributed by atoms with van der Waals surface area (Å²) in [6.07, 6.45) is 5.00. The van der Waals surface area contributed by atoms with Crippen LogP contribution >= 0.6 is 11.6 Å². The predicted octanol–water partition coefficient (Wildman–Crippen LogP) is 4.52. The molecule has 1 saturated heterocycles. The predicted molar refractivity (Wildman–Crippen MR) is 111 cm³/mol. The van der Waals surface area contributed by atoms with E-state index in [0.717, 1.165) is 59.5 Å². The number of benzene rings is 2. The Kier molecular flexibility index (Phi) is 4.41. The summed E-state index contributed by atoms with van der Waals surface area (Å²) in [6.45, 7) is 1.93. The largest absolute Gasteiger partial charge is 0.355 e. The highest BCUT2D eigenvalue weighted by Gasteiger charge is 2.25. The van der Waals surface area contributed by atoms with Crippen molar-refractivity contribution >= 4 is 28.3 Å². The summed E-state index contributed by atoms with van der Waals surface area (Å²) < 4.78 is 0. The van der Waals surface area contributed by atoms with Gasteiger partial charge in [-0.15, -0.1) is 15.0 Å². The van der Waals surface area contributed by atoms with Crippen LogP contribution in [0.1, 0.15) is 19.3 Å². The molecule has 0 spiro atoms. The molecule has 0 aliphatic carbocycles. The van der Waals surface area contributed by atoms with Gasteiger partial charge >= 0.3 is 0 Å². The molecule has 7 heteroatoms. The number of halogens is 1. The third-order valence-corrected chi connectivity index (χ3v) is 5.53. The Bertz CT molecular complexity index is 1120. The first-order valence-corrected chi connectivity index (χ1v) is 9.86. The third-order valence-electron chi connectivity index (χ3n) is 5.20. The van der Waals surface area contributed by atoms with E-state index >= 15 is 0 Å². The van der Waals surface area contributed by atoms with Gasteiger partial charge in [0, 0.05) is 34.6 Å². The minimum absolute atomic E-state index is 0.685. The summed E-state index contributed by atoms with van der Waals surface area (Å²) in [5, 5.41) is 14.2. The third kappa shape index (κ3) is 2.90. The van der Waals surface area contributed by atoms with Crippen molar-refractivity contribution in [3.8, 4) is 16.8 Å². The second kappa shape index (κ2) is 7.20. The van der Waals surface area contributed by atoms with E-state index in [1.165, 1.54) is 12.7 Å². The first-order chi connectivity index (χ1) is 13.8. The zero-order chi connectivity index (χ0) is 18.9. The van der Waals surface area contributed by atoms with Crippen molar-refractivity contribution in [1.29, 1.82) is 0 Å². The molecule has 1 fully saturated rings. The van der Waals surface area contributed by atoms with Gasteiger partial charge in [-0.1, -0.05) is 48.0 Å². The van der Waals surface area contributed by atoms with Crippen LogP contribution in [0.5, 0.6) is 0 Å². The van der Waals surface area contributed by atoms with Crippen molar-refractivity contribution in [2.45, 2.75) is 19.3 Å². The molecule has 140 valence electrons. The molecule has 4 aromatic rings. The Hall–Kier alpha value is -2.99. The Morgan fingerprint density at radius 2 is 1.68 bits per heavy atom. The number of hydrogen-bond acceptors (Lipinski definition) is 5. The van der Waals surface area contributed by atoms with Crippen LogP contribution in [-0.2, 0) is 0 Å². The van der Waals surface area contributed by atoms with Crippen LogP contribution in [0.4, 0.5) is 5.82 Å². The molecule has 1 aliphatic rings. The summed E-state index contributed by atoms with van der Waals surface area (Å²) in [5.74, 6) is 0.881. The Balaban J connectivity index is 1.89. The average molecular weight is 391 g/mol. The summed E-state index contributed by atoms with van der Waals surface area (Å²) in [6, 6.07) is 16.0. The molecule has 3 heterocycles. The van der Waals surface area contributed by atoms with E-state index < -0.39 is 0 Å². The van der Waals surface area contributed by atoms with Crippen LogP contribution in [0.2, 0.25) is 5.02 Å². The fraction of sp³-hybridized carbons (Fsp3) is 0.238. The van der Waals surface area contributed by atoms with E-state index in [1.54, 1.807) is 4.80 Å². The molecule has 2 aromatic carbocycles. The standard InChI is InChI=1S/C21H19ClN6/c22-17-10-4-2-8-15(17)19-16-9-3-5-11-18(16)25-21(27-12-6-1-7-13-27)20(19)28-24-14-23-26-28/h2-5,8-11,14H,1,6-7,12-13H2. The molecule has 2 aromatic heterocycles. The van der Waals surface area contributed by atoms with E-state index in [2.05, 4.69) is 26.4 Å². The topological polar surface area (TPSA) is 59.7 Å². The number of rotatable bonds is 3. The summed E-state index contributed by atoms with van der Waals surface area (Å²) >= 11 is 6.63. The van der Waals surface area contributed by atoms with E-state index in [9.17, 15) is 0 Å². The van der Waals surface area contributed by atoms with Gasteiger partial charge in [0.15, 0.2) is 12.1 Å². The van der Waals surface area contributed by atoms with Crippen molar-refractivity contribution in [3.05, 3.63) is 59.9 Å². The van der Waals surface area contributed by atoms with Crippen molar-refractivity contribution in [2.75, 3.05) is 18.0 Å². The lowest BCUT2D eigenvalue weighted by Crippen LogP contribution is -2.31. The molecule has 5 rings (SSSR count). The van der Waals surface area contributed by atoms with Gasteiger partial charge < -0.3 is 4.90 Å². The van der Waals surface area contributed by atoms with Gasteiger partial charge in [0.1, 0.15) is 5.69 Å². The number of nitrogens with zero attached hydrogens (tertiary/aromatic N) is 6. The SMILES string of the molecule is Clc1ccccc1-c1c(-n2ncnn2)c(N2CCCCC2)nc2ccccc12. The normalized spacial score (nSPS) is 14.5. The van der Waals surface area contributed by atoms with E-state index in [-0.39, 0.29) is 0 Å². The maximum Gasteiger partial charge on any atom is 0.162 e. The van der Waals surface area contributed by atoms with Crippen LogP contribution in [0, 0.1) is 0 Å². The number of para-hydroxylation sites is 1. The fourth-order valence-corrected chi connectivity index (χ4v) is 4.14. The molecular weight excluding hydrogens is 372 g/mol. The second-order valence-corrected chi connectivity index (χ2v) is 7.34. The molecule has 0 amide bonds. The van der Waals surface area contributed by atoms with Gasteiger partial charge in [-0.2, -0.15) is 0 Å². The molecule has 0 radical (unpaired) electrons. The van der Waals surface area contributed by atoms with Crippen molar-refractivity contribution in [1.82, 2.24) is 25.2 Å². The molecule has 0 bridgehead atoms. The number of anilines is 1. The molecule has 6 nitrogen and oxygen atoms in total. The summed E-state index contributed by atoms with van der Waals surface area (Å²) in [5.41, 5.74) is 3.68. The Morgan fingerprint density at radius 1 is 0.893 bits per heavy atom. The van der Waals surface area contributed by atoms with Gasteiger partial charge in [-0.05, 0) is 36.6 Å². The van der Waals surface area contributed by atoms with Crippen molar-refractivity contribution < 1.29 is 0 Å². The number of hydrogen-bond donors (Lipinski definition) is 0. The second-order valence-electron chi connectivity index (χ2n) is 6.93. The summed E-state index contributed by atoms with van der Waals surface area (Å²) in [7, 11) is 0. The Labute approximate surface area is 167 Å². The maximum absolute atomic E-state index is 6.63. The highest BCUT2D eigenvalue weighted by Crippen LogP contribution is 2.41. The molecule has 1 aliphatic heterocycles. The quantitative estimate of drug-likeness (QED) is 0.514. The van der Waals surface area contributed by atoms with E-state index in [1.807, 2.05) is 42.5 Å². The lowest BCUT2D eigenvalue weighted by molar-refractivity contribution is 0.570. The minimum Gasteiger partial charge on any atom is -0.355 e. The number of pyridine rings is 1. The van der Waals surface area contributed by atoms with Gasteiger partial charge in [-0.3, -0.25) is 0 Å². The van der Waals surface area contributed by atoms with Crippen LogP contribution < -0.4 is 4.90 Å². The van der Waals surface area contributed by atoms with Crippen molar-refractivity contribution in [2.24, 2.45) is 0 Å². The monoisotopic (exact) mass is 390 g/mol. The molecule has 0 N–H and O–H groups in total. The van der Waals surface area contributed by atoms with Crippen molar-refractivity contribution in [3.63, 3.8) is 0 Å². The van der Waals surface area contributed by atoms with Crippen LogP contribution in [0.3, 0.4) is 0 Å². The zero-order valence-electron chi connectivity index (χ0n) is 15.3. The number of tetrazole rings is 1. The smallest absolute Gasteiger partial charge is 0.162 e. The first-order valence-electron chi connectivity index (χ1n) is 9.49. The van der Waals surface area contributed by atoms with Gasteiger partial charge in [-0.25, -0.2) is 4.98 Å². The Morgan fingerprint density at radius 3 is 2.46 bits per heavy atom. The molecular formula is C21H19ClN6. The minimum atomic E-state index is 0.685. The van der Waals surface area contributed by atoms with E-state index in [0.29, 0.717) is 5.02 Å². The van der Waals surface area contributed by atoms with Crippen LogP contribution in [-0.4, -0.2) is 38.3 Å². The average Bonchev–Trinajstić information content (AvgIpc) is 3.28. The number of fused-ring (bicyclic) bond motifs is 1. The van der Waals surface area contributed by atoms with E-state index in [4.69, 9.17) is 16.6 Å². The van der Waals surface area contributed by atoms with Crippen LogP contribution in [0.15, 0.2) is 54.9 Å². The summed E-state index contributed by atoms with van der Waals surface area (Å²) in [4.78, 5) is 8.92. The van der Waals surface area contributed by atoms with Gasteiger partial charge in [0.25, 0.3) is 0 Å². The lowest BCUT2D eigenvalue weighted by Gasteiger charge is -2.30. The molecule has 0 atom stereocenters.